The van der Waals surface area contributed by atoms with Crippen LogP contribution in [0.5, 0.6) is 5.88 Å². The molecule has 0 bridgehead atoms. The highest BCUT2D eigenvalue weighted by atomic mass is 35.5. The second-order valence-corrected chi connectivity index (χ2v) is 5.11. The molecule has 0 spiro atoms. The summed E-state index contributed by atoms with van der Waals surface area (Å²) < 4.78 is 42.2. The third-order valence-corrected chi connectivity index (χ3v) is 3.11. The Bertz CT molecular complexity index is 713. The Hall–Kier alpha value is -2.28. The van der Waals surface area contributed by atoms with Crippen LogP contribution in [0.2, 0.25) is 5.02 Å². The van der Waals surface area contributed by atoms with Crippen molar-refractivity contribution in [3.05, 3.63) is 58.5 Å². The number of hydrogen-bond donors (Lipinski definition) is 0. The zero-order valence-electron chi connectivity index (χ0n) is 12.0. The lowest BCUT2D eigenvalue weighted by Gasteiger charge is -2.19. The van der Waals surface area contributed by atoms with Gasteiger partial charge >= 0.3 is 6.61 Å². The molecule has 0 fully saturated rings. The summed E-state index contributed by atoms with van der Waals surface area (Å²) in [5.74, 6) is -1.57. The maximum absolute atomic E-state index is 13.2. The zero-order valence-corrected chi connectivity index (χ0v) is 12.7. The van der Waals surface area contributed by atoms with Crippen molar-refractivity contribution in [3.8, 4) is 5.88 Å². The van der Waals surface area contributed by atoms with E-state index in [4.69, 9.17) is 11.6 Å². The number of ether oxygens (including phenoxy) is 1. The normalized spacial score (nSPS) is 10.7. The minimum atomic E-state index is -3.12. The number of amides is 1. The molecule has 1 heterocycles. The number of halogens is 4. The van der Waals surface area contributed by atoms with Crippen LogP contribution in [0, 0.1) is 5.82 Å². The van der Waals surface area contributed by atoms with Crippen LogP contribution in [0.4, 0.5) is 13.2 Å². The third-order valence-electron chi connectivity index (χ3n) is 2.90. The summed E-state index contributed by atoms with van der Waals surface area (Å²) in [6.45, 7) is -3.04. The summed E-state index contributed by atoms with van der Waals surface area (Å²) in [7, 11) is 1.44. The van der Waals surface area contributed by atoms with E-state index < -0.39 is 24.2 Å². The molecular formula is C15H12ClF3N2O2. The van der Waals surface area contributed by atoms with Crippen molar-refractivity contribution in [1.82, 2.24) is 9.88 Å². The van der Waals surface area contributed by atoms with E-state index in [0.717, 1.165) is 6.20 Å². The quantitative estimate of drug-likeness (QED) is 0.829. The van der Waals surface area contributed by atoms with E-state index in [0.29, 0.717) is 5.56 Å². The highest BCUT2D eigenvalue weighted by molar-refractivity contribution is 6.30. The molecule has 1 aromatic carbocycles. The van der Waals surface area contributed by atoms with Crippen molar-refractivity contribution in [3.63, 3.8) is 0 Å². The molecule has 0 saturated heterocycles. The molecule has 0 aliphatic rings. The Balaban J connectivity index is 2.23. The number of hydrogen-bond acceptors (Lipinski definition) is 3. The van der Waals surface area contributed by atoms with Gasteiger partial charge in [0, 0.05) is 19.8 Å². The SMILES string of the molecule is CN(Cc1cccc(F)c1)C(=O)c1cc(Cl)cnc1OC(F)F. The van der Waals surface area contributed by atoms with Crippen molar-refractivity contribution in [2.24, 2.45) is 0 Å². The van der Waals surface area contributed by atoms with Gasteiger partial charge in [0.15, 0.2) is 0 Å². The van der Waals surface area contributed by atoms with Crippen LogP contribution in [0.15, 0.2) is 36.5 Å². The molecule has 0 atom stereocenters. The predicted octanol–water partition coefficient (Wildman–Crippen LogP) is 3.75. The standard InChI is InChI=1S/C15H12ClF3N2O2/c1-21(8-9-3-2-4-11(17)5-9)14(22)12-6-10(16)7-20-13(12)23-15(18)19/h2-7,15H,8H2,1H3. The Morgan fingerprint density at radius 2 is 2.13 bits per heavy atom. The lowest BCUT2D eigenvalue weighted by atomic mass is 10.2. The van der Waals surface area contributed by atoms with Gasteiger partial charge in [-0.25, -0.2) is 9.37 Å². The molecule has 122 valence electrons. The molecule has 2 aromatic rings. The molecule has 4 nitrogen and oxygen atoms in total. The average Bonchev–Trinajstić information content (AvgIpc) is 2.48. The molecule has 0 saturated carbocycles. The minimum Gasteiger partial charge on any atom is -0.416 e. The Morgan fingerprint density at radius 1 is 1.39 bits per heavy atom. The van der Waals surface area contributed by atoms with E-state index >= 15 is 0 Å². The van der Waals surface area contributed by atoms with Gasteiger partial charge in [0.25, 0.3) is 5.91 Å². The molecule has 0 N–H and O–H groups in total. The maximum atomic E-state index is 13.2. The lowest BCUT2D eigenvalue weighted by molar-refractivity contribution is -0.0533. The zero-order chi connectivity index (χ0) is 17.0. The summed E-state index contributed by atoms with van der Waals surface area (Å²) >= 11 is 5.76. The van der Waals surface area contributed by atoms with E-state index in [1.807, 2.05) is 0 Å². The van der Waals surface area contributed by atoms with Crippen molar-refractivity contribution < 1.29 is 22.7 Å². The molecule has 0 unspecified atom stereocenters. The number of nitrogens with zero attached hydrogens (tertiary/aromatic N) is 2. The molecular weight excluding hydrogens is 333 g/mol. The molecule has 0 aliphatic heterocycles. The van der Waals surface area contributed by atoms with Gasteiger partial charge in [-0.15, -0.1) is 0 Å². The molecule has 2 rings (SSSR count). The highest BCUT2D eigenvalue weighted by Crippen LogP contribution is 2.23. The van der Waals surface area contributed by atoms with E-state index in [1.54, 1.807) is 6.07 Å². The topological polar surface area (TPSA) is 42.4 Å². The van der Waals surface area contributed by atoms with Crippen LogP contribution < -0.4 is 4.74 Å². The Morgan fingerprint density at radius 3 is 2.78 bits per heavy atom. The summed E-state index contributed by atoms with van der Waals surface area (Å²) in [5.41, 5.74) is 0.351. The Kier molecular flexibility index (Phi) is 5.44. The van der Waals surface area contributed by atoms with Crippen LogP contribution in [0.1, 0.15) is 15.9 Å². The summed E-state index contributed by atoms with van der Waals surface area (Å²) in [6.07, 6.45) is 1.10. The number of alkyl halides is 2. The largest absolute Gasteiger partial charge is 0.416 e. The Labute approximate surface area is 135 Å². The van der Waals surface area contributed by atoms with Crippen molar-refractivity contribution in [2.75, 3.05) is 7.05 Å². The summed E-state index contributed by atoms with van der Waals surface area (Å²) in [4.78, 5) is 17.2. The number of pyridine rings is 1. The van der Waals surface area contributed by atoms with E-state index in [1.165, 1.54) is 36.2 Å². The molecule has 1 amide bonds. The van der Waals surface area contributed by atoms with Crippen molar-refractivity contribution in [1.29, 1.82) is 0 Å². The average molecular weight is 345 g/mol. The first-order valence-electron chi connectivity index (χ1n) is 6.47. The van der Waals surface area contributed by atoms with Gasteiger partial charge in [-0.1, -0.05) is 23.7 Å². The second kappa shape index (κ2) is 7.32. The molecule has 0 radical (unpaired) electrons. The van der Waals surface area contributed by atoms with Gasteiger partial charge in [-0.2, -0.15) is 8.78 Å². The van der Waals surface area contributed by atoms with E-state index in [2.05, 4.69) is 9.72 Å². The molecule has 0 aliphatic carbocycles. The fourth-order valence-electron chi connectivity index (χ4n) is 1.94. The summed E-state index contributed by atoms with van der Waals surface area (Å²) in [5, 5.41) is 0.106. The number of aromatic nitrogens is 1. The summed E-state index contributed by atoms with van der Waals surface area (Å²) in [6, 6.07) is 6.89. The third kappa shape index (κ3) is 4.59. The van der Waals surface area contributed by atoms with Crippen LogP contribution in [-0.4, -0.2) is 29.5 Å². The van der Waals surface area contributed by atoms with Gasteiger partial charge in [0.1, 0.15) is 11.4 Å². The second-order valence-electron chi connectivity index (χ2n) is 4.68. The first-order valence-corrected chi connectivity index (χ1v) is 6.85. The van der Waals surface area contributed by atoms with Crippen molar-refractivity contribution >= 4 is 17.5 Å². The van der Waals surface area contributed by atoms with Gasteiger partial charge < -0.3 is 9.64 Å². The monoisotopic (exact) mass is 344 g/mol. The van der Waals surface area contributed by atoms with Crippen molar-refractivity contribution in [2.45, 2.75) is 13.2 Å². The van der Waals surface area contributed by atoms with Crippen LogP contribution in [0.25, 0.3) is 0 Å². The fraction of sp³-hybridized carbons (Fsp3) is 0.200. The van der Waals surface area contributed by atoms with Crippen LogP contribution >= 0.6 is 11.6 Å². The number of carbonyl (C=O) groups excluding carboxylic acids is 1. The first-order chi connectivity index (χ1) is 10.9. The molecule has 23 heavy (non-hydrogen) atoms. The smallest absolute Gasteiger partial charge is 0.388 e. The fourth-order valence-corrected chi connectivity index (χ4v) is 2.10. The van der Waals surface area contributed by atoms with E-state index in [9.17, 15) is 18.0 Å². The van der Waals surface area contributed by atoms with Gasteiger partial charge in [0.05, 0.1) is 5.02 Å². The number of carbonyl (C=O) groups is 1. The van der Waals surface area contributed by atoms with Crippen LogP contribution in [0.3, 0.4) is 0 Å². The molecule has 8 heteroatoms. The predicted molar refractivity (Wildman–Crippen MR) is 78.1 cm³/mol. The van der Waals surface area contributed by atoms with Gasteiger partial charge in [-0.3, -0.25) is 4.79 Å². The maximum Gasteiger partial charge on any atom is 0.388 e. The van der Waals surface area contributed by atoms with Crippen LogP contribution in [-0.2, 0) is 6.54 Å². The lowest BCUT2D eigenvalue weighted by Crippen LogP contribution is -2.27. The molecule has 1 aromatic heterocycles. The minimum absolute atomic E-state index is 0.0806. The first kappa shape index (κ1) is 17.1. The number of rotatable bonds is 5. The van der Waals surface area contributed by atoms with Gasteiger partial charge in [0.2, 0.25) is 5.88 Å². The van der Waals surface area contributed by atoms with Gasteiger partial charge in [-0.05, 0) is 23.8 Å². The highest BCUT2D eigenvalue weighted by Gasteiger charge is 2.21. The van der Waals surface area contributed by atoms with E-state index in [-0.39, 0.29) is 17.1 Å². The number of benzene rings is 1.